The van der Waals surface area contributed by atoms with Gasteiger partial charge in [-0.1, -0.05) is 57.2 Å². The maximum absolute atomic E-state index is 12.1. The van der Waals surface area contributed by atoms with Crippen LogP contribution in [0.15, 0.2) is 24.3 Å². The van der Waals surface area contributed by atoms with Gasteiger partial charge in [0.2, 0.25) is 0 Å². The molecule has 1 aliphatic heterocycles. The van der Waals surface area contributed by atoms with E-state index >= 15 is 0 Å². The highest BCUT2D eigenvalue weighted by Crippen LogP contribution is 2.31. The fourth-order valence-corrected chi connectivity index (χ4v) is 2.65. The van der Waals surface area contributed by atoms with Crippen LogP contribution in [0.25, 0.3) is 0 Å². The smallest absolute Gasteiger partial charge is 0.315 e. The Kier molecular flexibility index (Phi) is 5.90. The molecule has 0 radical (unpaired) electrons. The molecule has 0 saturated carbocycles. The summed E-state index contributed by atoms with van der Waals surface area (Å²) in [6, 6.07) is 7.97. The Morgan fingerprint density at radius 2 is 1.95 bits per heavy atom. The van der Waals surface area contributed by atoms with E-state index in [9.17, 15) is 4.79 Å². The molecule has 0 amide bonds. The van der Waals surface area contributed by atoms with Gasteiger partial charge >= 0.3 is 5.97 Å². The molecule has 2 rings (SSSR count). The van der Waals surface area contributed by atoms with Gasteiger partial charge in [0.1, 0.15) is 5.92 Å². The van der Waals surface area contributed by atoms with E-state index in [1.165, 1.54) is 25.7 Å². The van der Waals surface area contributed by atoms with Crippen molar-refractivity contribution in [3.63, 3.8) is 0 Å². The van der Waals surface area contributed by atoms with Crippen LogP contribution in [-0.2, 0) is 9.53 Å². The Morgan fingerprint density at radius 1 is 1.20 bits per heavy atom. The second-order valence-corrected chi connectivity index (χ2v) is 5.46. The number of hydrogen-bond acceptors (Lipinski definition) is 3. The molecule has 1 aliphatic rings. The van der Waals surface area contributed by atoms with Crippen LogP contribution in [-0.4, -0.2) is 19.1 Å². The number of anilines is 1. The first-order chi connectivity index (χ1) is 9.83. The van der Waals surface area contributed by atoms with E-state index in [4.69, 9.17) is 4.74 Å². The SMILES string of the molecule is CCCCCCCCOC(=O)C1CNc2ccccc21. The number of carbonyl (C=O) groups excluding carboxylic acids is 1. The van der Waals surface area contributed by atoms with E-state index in [1.54, 1.807) is 0 Å². The lowest BCUT2D eigenvalue weighted by molar-refractivity contribution is -0.145. The first kappa shape index (κ1) is 14.9. The summed E-state index contributed by atoms with van der Waals surface area (Å²) in [6.07, 6.45) is 7.26. The zero-order valence-electron chi connectivity index (χ0n) is 12.4. The molecule has 0 aliphatic carbocycles. The second-order valence-electron chi connectivity index (χ2n) is 5.46. The molecule has 110 valence electrons. The van der Waals surface area contributed by atoms with Crippen LogP contribution in [0.3, 0.4) is 0 Å². The largest absolute Gasteiger partial charge is 0.465 e. The van der Waals surface area contributed by atoms with Crippen LogP contribution in [0, 0.1) is 0 Å². The van der Waals surface area contributed by atoms with Crippen LogP contribution < -0.4 is 5.32 Å². The average molecular weight is 275 g/mol. The lowest BCUT2D eigenvalue weighted by Gasteiger charge is -2.10. The minimum atomic E-state index is -0.133. The van der Waals surface area contributed by atoms with Crippen molar-refractivity contribution >= 4 is 11.7 Å². The van der Waals surface area contributed by atoms with Gasteiger partial charge in [-0.2, -0.15) is 0 Å². The normalized spacial score (nSPS) is 16.6. The molecule has 0 saturated heterocycles. The van der Waals surface area contributed by atoms with Crippen molar-refractivity contribution in [2.75, 3.05) is 18.5 Å². The molecule has 20 heavy (non-hydrogen) atoms. The van der Waals surface area contributed by atoms with Crippen LogP contribution >= 0.6 is 0 Å². The van der Waals surface area contributed by atoms with E-state index in [2.05, 4.69) is 12.2 Å². The van der Waals surface area contributed by atoms with E-state index < -0.39 is 0 Å². The minimum absolute atomic E-state index is 0.0870. The highest BCUT2D eigenvalue weighted by molar-refractivity contribution is 5.83. The summed E-state index contributed by atoms with van der Waals surface area (Å²) in [4.78, 5) is 12.1. The molecule has 1 aromatic carbocycles. The maximum atomic E-state index is 12.1. The molecule has 3 nitrogen and oxygen atoms in total. The lowest BCUT2D eigenvalue weighted by Crippen LogP contribution is -2.18. The highest BCUT2D eigenvalue weighted by Gasteiger charge is 2.29. The van der Waals surface area contributed by atoms with E-state index in [-0.39, 0.29) is 11.9 Å². The summed E-state index contributed by atoms with van der Waals surface area (Å²) in [5.41, 5.74) is 2.13. The van der Waals surface area contributed by atoms with Gasteiger partial charge in [0.05, 0.1) is 6.61 Å². The van der Waals surface area contributed by atoms with Crippen molar-refractivity contribution in [1.82, 2.24) is 0 Å². The monoisotopic (exact) mass is 275 g/mol. The topological polar surface area (TPSA) is 38.3 Å². The van der Waals surface area contributed by atoms with Crippen molar-refractivity contribution in [3.05, 3.63) is 29.8 Å². The van der Waals surface area contributed by atoms with Gasteiger partial charge in [-0.15, -0.1) is 0 Å². The number of benzene rings is 1. The molecule has 1 unspecified atom stereocenters. The summed E-state index contributed by atoms with van der Waals surface area (Å²) in [5, 5.41) is 3.26. The molecule has 1 N–H and O–H groups in total. The fourth-order valence-electron chi connectivity index (χ4n) is 2.65. The number of rotatable bonds is 8. The summed E-state index contributed by atoms with van der Waals surface area (Å²) in [7, 11) is 0. The van der Waals surface area contributed by atoms with Gasteiger partial charge in [-0.3, -0.25) is 4.79 Å². The van der Waals surface area contributed by atoms with Gasteiger partial charge in [0.25, 0.3) is 0 Å². The number of ether oxygens (including phenoxy) is 1. The second kappa shape index (κ2) is 7.93. The van der Waals surface area contributed by atoms with Gasteiger partial charge in [-0.25, -0.2) is 0 Å². The zero-order chi connectivity index (χ0) is 14.2. The Hall–Kier alpha value is -1.51. The van der Waals surface area contributed by atoms with Crippen molar-refractivity contribution in [2.24, 2.45) is 0 Å². The average Bonchev–Trinajstić information content (AvgIpc) is 2.90. The number of fused-ring (bicyclic) bond motifs is 1. The van der Waals surface area contributed by atoms with Crippen molar-refractivity contribution < 1.29 is 9.53 Å². The van der Waals surface area contributed by atoms with Crippen LogP contribution in [0.4, 0.5) is 5.69 Å². The summed E-state index contributed by atoms with van der Waals surface area (Å²) < 4.78 is 5.41. The number of hydrogen-bond donors (Lipinski definition) is 1. The highest BCUT2D eigenvalue weighted by atomic mass is 16.5. The molecule has 0 fully saturated rings. The standard InChI is InChI=1S/C17H25NO2/c1-2-3-4-5-6-9-12-20-17(19)15-13-18-16-11-8-7-10-14(15)16/h7-8,10-11,15,18H,2-6,9,12-13H2,1H3. The van der Waals surface area contributed by atoms with Gasteiger partial charge in [-0.05, 0) is 18.1 Å². The summed E-state index contributed by atoms with van der Waals surface area (Å²) in [6.45, 7) is 3.44. The quantitative estimate of drug-likeness (QED) is 0.573. The molecule has 1 heterocycles. The Morgan fingerprint density at radius 3 is 2.80 bits per heavy atom. The maximum Gasteiger partial charge on any atom is 0.315 e. The summed E-state index contributed by atoms with van der Waals surface area (Å²) >= 11 is 0. The number of unbranched alkanes of at least 4 members (excludes halogenated alkanes) is 5. The van der Waals surface area contributed by atoms with Crippen LogP contribution in [0.5, 0.6) is 0 Å². The first-order valence-corrected chi connectivity index (χ1v) is 7.82. The van der Waals surface area contributed by atoms with Crippen molar-refractivity contribution in [1.29, 1.82) is 0 Å². The fraction of sp³-hybridized carbons (Fsp3) is 0.588. The van der Waals surface area contributed by atoms with E-state index in [0.717, 1.165) is 24.1 Å². The molecule has 0 bridgehead atoms. The third kappa shape index (κ3) is 3.99. The Bertz CT molecular complexity index is 431. The van der Waals surface area contributed by atoms with Gasteiger partial charge < -0.3 is 10.1 Å². The molecule has 0 aromatic heterocycles. The van der Waals surface area contributed by atoms with Gasteiger partial charge in [0, 0.05) is 12.2 Å². The number of para-hydroxylation sites is 1. The molecule has 1 aromatic rings. The van der Waals surface area contributed by atoms with E-state index in [1.807, 2.05) is 24.3 Å². The van der Waals surface area contributed by atoms with Gasteiger partial charge in [0.15, 0.2) is 0 Å². The van der Waals surface area contributed by atoms with Crippen molar-refractivity contribution in [3.8, 4) is 0 Å². The zero-order valence-corrected chi connectivity index (χ0v) is 12.4. The molecular formula is C17H25NO2. The third-order valence-corrected chi connectivity index (χ3v) is 3.86. The third-order valence-electron chi connectivity index (χ3n) is 3.86. The predicted octanol–water partition coefficient (Wildman–Crippen LogP) is 4.10. The first-order valence-electron chi connectivity index (χ1n) is 7.82. The lowest BCUT2D eigenvalue weighted by atomic mass is 10.0. The minimum Gasteiger partial charge on any atom is -0.465 e. The van der Waals surface area contributed by atoms with Crippen LogP contribution in [0.1, 0.15) is 56.9 Å². The molecule has 1 atom stereocenters. The molecule has 0 spiro atoms. The number of nitrogens with one attached hydrogen (secondary N) is 1. The number of esters is 1. The Balaban J connectivity index is 1.66. The van der Waals surface area contributed by atoms with E-state index in [0.29, 0.717) is 13.2 Å². The van der Waals surface area contributed by atoms with Crippen LogP contribution in [0.2, 0.25) is 0 Å². The summed E-state index contributed by atoms with van der Waals surface area (Å²) in [5.74, 6) is -0.220. The molecule has 3 heteroatoms. The number of carbonyl (C=O) groups is 1. The predicted molar refractivity (Wildman–Crippen MR) is 82.0 cm³/mol. The molecular weight excluding hydrogens is 250 g/mol. The Labute approximate surface area is 121 Å². The van der Waals surface area contributed by atoms with Crippen molar-refractivity contribution in [2.45, 2.75) is 51.4 Å².